The van der Waals surface area contributed by atoms with Gasteiger partial charge in [0.1, 0.15) is 3.70 Å². The highest BCUT2D eigenvalue weighted by Crippen LogP contribution is 2.51. The van der Waals surface area contributed by atoms with E-state index >= 15 is 0 Å². The van der Waals surface area contributed by atoms with Crippen LogP contribution < -0.4 is 5.32 Å². The minimum atomic E-state index is -5.01. The third kappa shape index (κ3) is 4.82. The molecule has 0 radical (unpaired) electrons. The van der Waals surface area contributed by atoms with Gasteiger partial charge in [-0.3, -0.25) is 9.59 Å². The minimum Gasteiger partial charge on any atom is -0.469 e. The van der Waals surface area contributed by atoms with Crippen molar-refractivity contribution in [2.45, 2.75) is 30.9 Å². The number of methoxy groups -OCH3 is 1. The Labute approximate surface area is 183 Å². The number of pyridine rings is 1. The predicted molar refractivity (Wildman–Crippen MR) is 110 cm³/mol. The Morgan fingerprint density at radius 3 is 2.41 bits per heavy atom. The highest BCUT2D eigenvalue weighted by molar-refractivity contribution is 14.1. The molecule has 5 nitrogen and oxygen atoms in total. The van der Waals surface area contributed by atoms with Crippen LogP contribution in [-0.2, 0) is 19.7 Å². The third-order valence-electron chi connectivity index (χ3n) is 4.77. The number of nitrogens with zero attached hydrogens (tertiary/aromatic N) is 1. The SMILES string of the molecule is COC(=O)CC1(c2ccc(-c3nc(I)c(NC(=O)C(F)(F)F)cc3Cl)cc2)CC1. The first kappa shape index (κ1) is 21.8. The van der Waals surface area contributed by atoms with Crippen molar-refractivity contribution in [3.05, 3.63) is 44.6 Å². The fraction of sp³-hybridized carbons (Fsp3) is 0.316. The zero-order valence-electron chi connectivity index (χ0n) is 15.1. The molecule has 3 rings (SSSR count). The summed E-state index contributed by atoms with van der Waals surface area (Å²) in [5, 5.41) is 1.87. The van der Waals surface area contributed by atoms with Crippen molar-refractivity contribution < 1.29 is 27.5 Å². The van der Waals surface area contributed by atoms with E-state index in [4.69, 9.17) is 16.3 Å². The van der Waals surface area contributed by atoms with Gasteiger partial charge in [-0.05, 0) is 47.1 Å². The lowest BCUT2D eigenvalue weighted by Gasteiger charge is -2.15. The molecule has 1 aromatic carbocycles. The van der Waals surface area contributed by atoms with E-state index in [2.05, 4.69) is 4.98 Å². The molecule has 1 amide bonds. The van der Waals surface area contributed by atoms with Crippen LogP contribution in [0.1, 0.15) is 24.8 Å². The first-order valence-corrected chi connectivity index (χ1v) is 9.93. The average Bonchev–Trinajstić information content (AvgIpc) is 3.44. The van der Waals surface area contributed by atoms with Crippen molar-refractivity contribution >= 4 is 51.8 Å². The number of benzene rings is 1. The van der Waals surface area contributed by atoms with Crippen LogP contribution in [0.2, 0.25) is 5.02 Å². The van der Waals surface area contributed by atoms with Crippen molar-refractivity contribution in [2.75, 3.05) is 12.4 Å². The third-order valence-corrected chi connectivity index (χ3v) is 5.88. The molecule has 1 aromatic heterocycles. The van der Waals surface area contributed by atoms with Crippen molar-refractivity contribution in [1.29, 1.82) is 0 Å². The maximum atomic E-state index is 12.5. The number of hydrogen-bond donors (Lipinski definition) is 1. The number of nitrogens with one attached hydrogen (secondary N) is 1. The van der Waals surface area contributed by atoms with Crippen LogP contribution in [0.15, 0.2) is 30.3 Å². The number of carbonyl (C=O) groups excluding carboxylic acids is 2. The highest BCUT2D eigenvalue weighted by Gasteiger charge is 2.46. The van der Waals surface area contributed by atoms with Crippen molar-refractivity contribution in [2.24, 2.45) is 0 Å². The summed E-state index contributed by atoms with van der Waals surface area (Å²) in [6, 6.07) is 8.60. The monoisotopic (exact) mass is 538 g/mol. The average molecular weight is 539 g/mol. The number of halogens is 5. The molecular weight excluding hydrogens is 524 g/mol. The summed E-state index contributed by atoms with van der Waals surface area (Å²) in [4.78, 5) is 27.0. The van der Waals surface area contributed by atoms with E-state index in [1.165, 1.54) is 13.2 Å². The normalized spacial score (nSPS) is 15.0. The predicted octanol–water partition coefficient (Wildman–Crippen LogP) is 5.10. The summed E-state index contributed by atoms with van der Waals surface area (Å²) < 4.78 is 42.3. The molecule has 0 spiro atoms. The van der Waals surface area contributed by atoms with E-state index in [1.807, 2.05) is 12.1 Å². The first-order valence-electron chi connectivity index (χ1n) is 8.48. The topological polar surface area (TPSA) is 68.3 Å². The van der Waals surface area contributed by atoms with Crippen molar-refractivity contribution in [3.63, 3.8) is 0 Å². The minimum absolute atomic E-state index is 0.103. The smallest absolute Gasteiger partial charge is 0.469 e. The van der Waals surface area contributed by atoms with Crippen LogP contribution in [0.3, 0.4) is 0 Å². The van der Waals surface area contributed by atoms with Crippen LogP contribution >= 0.6 is 34.2 Å². The summed E-state index contributed by atoms with van der Waals surface area (Å²) in [5.74, 6) is -2.35. The molecule has 10 heteroatoms. The van der Waals surface area contributed by atoms with Gasteiger partial charge in [-0.25, -0.2) is 4.98 Å². The molecule has 154 valence electrons. The number of rotatable bonds is 5. The van der Waals surface area contributed by atoms with Gasteiger partial charge in [-0.2, -0.15) is 13.2 Å². The second kappa shape index (κ2) is 8.10. The molecule has 0 bridgehead atoms. The Morgan fingerprint density at radius 2 is 1.90 bits per heavy atom. The van der Waals surface area contributed by atoms with Gasteiger partial charge in [0, 0.05) is 11.0 Å². The van der Waals surface area contributed by atoms with E-state index < -0.39 is 12.1 Å². The van der Waals surface area contributed by atoms with E-state index in [1.54, 1.807) is 40.0 Å². The largest absolute Gasteiger partial charge is 0.471 e. The molecule has 2 aromatic rings. The molecular formula is C19H15ClF3IN2O3. The van der Waals surface area contributed by atoms with Crippen LogP contribution in [0, 0.1) is 3.70 Å². The van der Waals surface area contributed by atoms with Crippen molar-refractivity contribution in [3.8, 4) is 11.3 Å². The molecule has 1 aliphatic carbocycles. The molecule has 1 fully saturated rings. The number of aromatic nitrogens is 1. The van der Waals surface area contributed by atoms with Crippen LogP contribution in [0.25, 0.3) is 11.3 Å². The van der Waals surface area contributed by atoms with E-state index in [-0.39, 0.29) is 25.8 Å². The number of ether oxygens (including phenoxy) is 1. The van der Waals surface area contributed by atoms with Gasteiger partial charge in [-0.1, -0.05) is 35.9 Å². The molecule has 1 saturated carbocycles. The van der Waals surface area contributed by atoms with Gasteiger partial charge in [0.15, 0.2) is 0 Å². The Morgan fingerprint density at radius 1 is 1.28 bits per heavy atom. The van der Waals surface area contributed by atoms with Gasteiger partial charge >= 0.3 is 18.1 Å². The van der Waals surface area contributed by atoms with Gasteiger partial charge in [-0.15, -0.1) is 0 Å². The Balaban J connectivity index is 1.83. The second-order valence-corrected chi connectivity index (χ2v) is 8.15. The van der Waals surface area contributed by atoms with E-state index in [0.29, 0.717) is 17.7 Å². The summed E-state index contributed by atoms with van der Waals surface area (Å²) in [7, 11) is 1.36. The summed E-state index contributed by atoms with van der Waals surface area (Å²) in [5.41, 5.74) is 1.73. The number of hydrogen-bond acceptors (Lipinski definition) is 4. The van der Waals surface area contributed by atoms with Crippen molar-refractivity contribution in [1.82, 2.24) is 4.98 Å². The lowest BCUT2D eigenvalue weighted by Crippen LogP contribution is -2.30. The fourth-order valence-electron chi connectivity index (χ4n) is 3.00. The lowest BCUT2D eigenvalue weighted by molar-refractivity contribution is -0.167. The summed E-state index contributed by atoms with van der Waals surface area (Å²) in [6.45, 7) is 0. The molecule has 1 heterocycles. The number of carbonyl (C=O) groups is 2. The van der Waals surface area contributed by atoms with Crippen LogP contribution in [-0.4, -0.2) is 30.1 Å². The van der Waals surface area contributed by atoms with Gasteiger partial charge < -0.3 is 10.1 Å². The number of alkyl halides is 3. The Kier molecular flexibility index (Phi) is 6.09. The zero-order chi connectivity index (χ0) is 21.4. The molecule has 1 N–H and O–H groups in total. The Hall–Kier alpha value is -1.88. The van der Waals surface area contributed by atoms with E-state index in [0.717, 1.165) is 18.4 Å². The maximum absolute atomic E-state index is 12.5. The summed E-state index contributed by atoms with van der Waals surface area (Å²) in [6.07, 6.45) is -2.90. The molecule has 1 aliphatic rings. The zero-order valence-corrected chi connectivity index (χ0v) is 18.0. The van der Waals surface area contributed by atoms with Crippen LogP contribution in [0.4, 0.5) is 18.9 Å². The Bertz CT molecular complexity index is 960. The van der Waals surface area contributed by atoms with E-state index in [9.17, 15) is 22.8 Å². The molecule has 0 saturated heterocycles. The van der Waals surface area contributed by atoms with Crippen LogP contribution in [0.5, 0.6) is 0 Å². The molecule has 0 unspecified atom stereocenters. The van der Waals surface area contributed by atoms with Gasteiger partial charge in [0.2, 0.25) is 0 Å². The number of anilines is 1. The standard InChI is InChI=1S/C19H15ClF3IN2O3/c1-29-14(27)9-18(6-7-18)11-4-2-10(3-5-11)15-12(20)8-13(16(24)26-15)25-17(28)19(21,22)23/h2-5,8H,6-7,9H2,1H3,(H,25,28). The first-order chi connectivity index (χ1) is 13.6. The molecule has 0 aliphatic heterocycles. The fourth-order valence-corrected chi connectivity index (χ4v) is 3.79. The molecule has 29 heavy (non-hydrogen) atoms. The number of esters is 1. The van der Waals surface area contributed by atoms with Gasteiger partial charge in [0.25, 0.3) is 0 Å². The molecule has 0 atom stereocenters. The lowest BCUT2D eigenvalue weighted by atomic mass is 9.91. The maximum Gasteiger partial charge on any atom is 0.471 e. The van der Waals surface area contributed by atoms with Gasteiger partial charge in [0.05, 0.1) is 29.9 Å². The second-order valence-electron chi connectivity index (χ2n) is 6.72. The highest BCUT2D eigenvalue weighted by atomic mass is 127. The number of amides is 1. The quantitative estimate of drug-likeness (QED) is 0.327. The summed E-state index contributed by atoms with van der Waals surface area (Å²) >= 11 is 7.94.